The quantitative estimate of drug-likeness (QED) is 0.222. The fraction of sp³-hybridized carbons (Fsp3) is 0.909. The van der Waals surface area contributed by atoms with E-state index in [1.165, 1.54) is 89.9 Å². The van der Waals surface area contributed by atoms with Crippen LogP contribution in [0.25, 0.3) is 0 Å². The summed E-state index contributed by atoms with van der Waals surface area (Å²) in [5.41, 5.74) is 0.529. The molecule has 0 bridgehead atoms. The van der Waals surface area contributed by atoms with E-state index in [4.69, 9.17) is 0 Å². The second-order valence-electron chi connectivity index (χ2n) is 7.89. The highest BCUT2D eigenvalue weighted by atomic mass is 14.1. The summed E-state index contributed by atoms with van der Waals surface area (Å²) in [4.78, 5) is 0. The third kappa shape index (κ3) is 22.0. The largest absolute Gasteiger partial charge is 0.0885 e. The molecule has 22 heavy (non-hydrogen) atoms. The fourth-order valence-electron chi connectivity index (χ4n) is 2.73. The van der Waals surface area contributed by atoms with Crippen LogP contribution in [0, 0.1) is 5.41 Å². The standard InChI is InChI=1S/C21H42.CH4/c1-5-6-7-8-9-10-11-12-13-14-15-16-17-18-19-20-21(2,3)4;/h11-12H,5-10,13-20H2,1-4H3;1H4/b12-11-;. The van der Waals surface area contributed by atoms with Crippen LogP contribution < -0.4 is 0 Å². The van der Waals surface area contributed by atoms with Crippen LogP contribution >= 0.6 is 0 Å². The Labute approximate surface area is 143 Å². The average Bonchev–Trinajstić information content (AvgIpc) is 2.42. The van der Waals surface area contributed by atoms with Crippen LogP contribution in [0.2, 0.25) is 0 Å². The molecule has 0 aliphatic carbocycles. The van der Waals surface area contributed by atoms with Crippen molar-refractivity contribution in [3.8, 4) is 0 Å². The summed E-state index contributed by atoms with van der Waals surface area (Å²) in [6, 6.07) is 0. The van der Waals surface area contributed by atoms with Crippen LogP contribution in [0.4, 0.5) is 0 Å². The van der Waals surface area contributed by atoms with Crippen molar-refractivity contribution in [2.45, 2.75) is 125 Å². The molecule has 0 aromatic carbocycles. The third-order valence-electron chi connectivity index (χ3n) is 4.19. The van der Waals surface area contributed by atoms with Crippen molar-refractivity contribution in [3.63, 3.8) is 0 Å². The molecule has 0 aliphatic heterocycles. The van der Waals surface area contributed by atoms with Gasteiger partial charge in [-0.15, -0.1) is 0 Å². The Balaban J connectivity index is 0. The highest BCUT2D eigenvalue weighted by molar-refractivity contribution is 4.81. The van der Waals surface area contributed by atoms with Gasteiger partial charge in [-0.05, 0) is 37.5 Å². The van der Waals surface area contributed by atoms with Gasteiger partial charge in [-0.1, -0.05) is 105 Å². The smallest absolute Gasteiger partial charge is 0.0351 e. The maximum atomic E-state index is 2.42. The number of rotatable bonds is 14. The van der Waals surface area contributed by atoms with Gasteiger partial charge >= 0.3 is 0 Å². The molecule has 0 heteroatoms. The van der Waals surface area contributed by atoms with Crippen molar-refractivity contribution in [2.24, 2.45) is 5.41 Å². The molecule has 0 rings (SSSR count). The van der Waals surface area contributed by atoms with Gasteiger partial charge in [-0.2, -0.15) is 0 Å². The first kappa shape index (κ1) is 24.0. The zero-order valence-corrected chi connectivity index (χ0v) is 15.6. The Hall–Kier alpha value is -0.260. The molecule has 0 aromatic heterocycles. The Bertz CT molecular complexity index is 219. The maximum absolute atomic E-state index is 2.42. The number of hydrogen-bond donors (Lipinski definition) is 0. The van der Waals surface area contributed by atoms with Crippen molar-refractivity contribution in [1.82, 2.24) is 0 Å². The first-order valence-electron chi connectivity index (χ1n) is 9.71. The summed E-state index contributed by atoms with van der Waals surface area (Å²) < 4.78 is 0. The highest BCUT2D eigenvalue weighted by Crippen LogP contribution is 2.22. The minimum Gasteiger partial charge on any atom is -0.0885 e. The molecular formula is C22H46. The summed E-state index contributed by atoms with van der Waals surface area (Å²) in [5.74, 6) is 0. The van der Waals surface area contributed by atoms with Gasteiger partial charge < -0.3 is 0 Å². The predicted molar refractivity (Wildman–Crippen MR) is 106 cm³/mol. The molecule has 134 valence electrons. The van der Waals surface area contributed by atoms with Gasteiger partial charge in [-0.25, -0.2) is 0 Å². The summed E-state index contributed by atoms with van der Waals surface area (Å²) >= 11 is 0. The summed E-state index contributed by atoms with van der Waals surface area (Å²) in [7, 11) is 0. The molecule has 0 saturated heterocycles. The van der Waals surface area contributed by atoms with Gasteiger partial charge in [-0.3, -0.25) is 0 Å². The molecule has 0 nitrogen and oxygen atoms in total. The number of allylic oxidation sites excluding steroid dienone is 2. The molecule has 0 atom stereocenters. The minimum absolute atomic E-state index is 0. The molecule has 0 saturated carbocycles. The lowest BCUT2D eigenvalue weighted by atomic mass is 9.89. The van der Waals surface area contributed by atoms with Crippen LogP contribution in [0.3, 0.4) is 0 Å². The van der Waals surface area contributed by atoms with Crippen LogP contribution in [-0.2, 0) is 0 Å². The maximum Gasteiger partial charge on any atom is -0.0351 e. The van der Waals surface area contributed by atoms with Crippen LogP contribution in [-0.4, -0.2) is 0 Å². The van der Waals surface area contributed by atoms with E-state index in [0.717, 1.165) is 0 Å². The van der Waals surface area contributed by atoms with Gasteiger partial charge in [0.2, 0.25) is 0 Å². The van der Waals surface area contributed by atoms with Gasteiger partial charge in [0.25, 0.3) is 0 Å². The molecule has 0 radical (unpaired) electrons. The van der Waals surface area contributed by atoms with Crippen LogP contribution in [0.15, 0.2) is 12.2 Å². The van der Waals surface area contributed by atoms with E-state index in [9.17, 15) is 0 Å². The van der Waals surface area contributed by atoms with Gasteiger partial charge in [0.1, 0.15) is 0 Å². The summed E-state index contributed by atoms with van der Waals surface area (Å²) in [5, 5.41) is 0. The topological polar surface area (TPSA) is 0 Å². The van der Waals surface area contributed by atoms with E-state index < -0.39 is 0 Å². The van der Waals surface area contributed by atoms with E-state index in [1.807, 2.05) is 0 Å². The third-order valence-corrected chi connectivity index (χ3v) is 4.19. The fourth-order valence-corrected chi connectivity index (χ4v) is 2.73. The van der Waals surface area contributed by atoms with E-state index >= 15 is 0 Å². The molecule has 0 amide bonds. The van der Waals surface area contributed by atoms with Gasteiger partial charge in [0, 0.05) is 0 Å². The molecule has 0 unspecified atom stereocenters. The molecule has 0 N–H and O–H groups in total. The lowest BCUT2D eigenvalue weighted by Crippen LogP contribution is -2.03. The summed E-state index contributed by atoms with van der Waals surface area (Å²) in [6.45, 7) is 9.33. The molecule has 0 aromatic rings. The van der Waals surface area contributed by atoms with Crippen molar-refractivity contribution >= 4 is 0 Å². The monoisotopic (exact) mass is 310 g/mol. The number of unbranched alkanes of at least 4 members (excludes halogenated alkanes) is 11. The Morgan fingerprint density at radius 2 is 1.00 bits per heavy atom. The molecule has 0 fully saturated rings. The zero-order valence-electron chi connectivity index (χ0n) is 15.6. The van der Waals surface area contributed by atoms with Crippen molar-refractivity contribution in [3.05, 3.63) is 12.2 Å². The minimum atomic E-state index is 0. The van der Waals surface area contributed by atoms with Crippen LogP contribution in [0.5, 0.6) is 0 Å². The summed E-state index contributed by atoms with van der Waals surface area (Å²) in [6.07, 6.45) is 24.4. The van der Waals surface area contributed by atoms with Crippen molar-refractivity contribution < 1.29 is 0 Å². The normalized spacial score (nSPS) is 11.8. The van der Waals surface area contributed by atoms with E-state index in [0.29, 0.717) is 5.41 Å². The zero-order chi connectivity index (χ0) is 15.8. The Kier molecular flexibility index (Phi) is 18.7. The van der Waals surface area contributed by atoms with Gasteiger partial charge in [0.15, 0.2) is 0 Å². The lowest BCUT2D eigenvalue weighted by Gasteiger charge is -2.17. The Morgan fingerprint density at radius 1 is 0.591 bits per heavy atom. The highest BCUT2D eigenvalue weighted by Gasteiger charge is 2.08. The number of hydrogen-bond acceptors (Lipinski definition) is 0. The van der Waals surface area contributed by atoms with E-state index in [2.05, 4.69) is 39.8 Å². The SMILES string of the molecule is C.CCCCCCC/C=C\CCCCCCCCC(C)(C)C. The van der Waals surface area contributed by atoms with E-state index in [-0.39, 0.29) is 7.43 Å². The molecule has 0 heterocycles. The molecule has 0 spiro atoms. The van der Waals surface area contributed by atoms with Gasteiger partial charge in [0.05, 0.1) is 0 Å². The van der Waals surface area contributed by atoms with Crippen molar-refractivity contribution in [1.29, 1.82) is 0 Å². The lowest BCUT2D eigenvalue weighted by molar-refractivity contribution is 0.356. The Morgan fingerprint density at radius 3 is 1.45 bits per heavy atom. The average molecular weight is 311 g/mol. The van der Waals surface area contributed by atoms with Crippen LogP contribution in [0.1, 0.15) is 125 Å². The second kappa shape index (κ2) is 17.1. The first-order chi connectivity index (χ1) is 10.1. The molecule has 0 aliphatic rings. The van der Waals surface area contributed by atoms with Crippen molar-refractivity contribution in [2.75, 3.05) is 0 Å². The molecular weight excluding hydrogens is 264 g/mol. The second-order valence-corrected chi connectivity index (χ2v) is 7.89. The predicted octanol–water partition coefficient (Wildman–Crippen LogP) is 8.71. The first-order valence-corrected chi connectivity index (χ1v) is 9.71. The van der Waals surface area contributed by atoms with E-state index in [1.54, 1.807) is 0 Å².